The number of sulfonamides is 1. The number of benzene rings is 1. The van der Waals surface area contributed by atoms with Crippen LogP contribution >= 0.6 is 0 Å². The molecule has 8 heteroatoms. The summed E-state index contributed by atoms with van der Waals surface area (Å²) >= 11 is 0. The first-order valence-electron chi connectivity index (χ1n) is 10.7. The fourth-order valence-corrected chi connectivity index (χ4v) is 6.23. The van der Waals surface area contributed by atoms with E-state index in [1.54, 1.807) is 53.1 Å². The van der Waals surface area contributed by atoms with Crippen molar-refractivity contribution in [3.8, 4) is 5.75 Å². The normalized spacial score (nSPS) is 20.5. The molecule has 0 atom stereocenters. The van der Waals surface area contributed by atoms with Crippen LogP contribution in [-0.2, 0) is 10.0 Å². The number of likely N-dealkylation sites (tertiary alicyclic amines) is 1. The van der Waals surface area contributed by atoms with Crippen molar-refractivity contribution in [3.63, 3.8) is 0 Å². The second-order valence-corrected chi connectivity index (χ2v) is 10.9. The third-order valence-electron chi connectivity index (χ3n) is 6.10. The zero-order valence-corrected chi connectivity index (χ0v) is 18.8. The van der Waals surface area contributed by atoms with Crippen LogP contribution in [-0.4, -0.2) is 61.3 Å². The molecule has 1 aromatic carbocycles. The molecule has 7 nitrogen and oxygen atoms in total. The van der Waals surface area contributed by atoms with Gasteiger partial charge in [0, 0.05) is 44.0 Å². The van der Waals surface area contributed by atoms with Crippen molar-refractivity contribution in [2.75, 3.05) is 32.8 Å². The minimum absolute atomic E-state index is 0.0354. The number of aromatic nitrogens is 1. The van der Waals surface area contributed by atoms with Crippen molar-refractivity contribution >= 4 is 15.9 Å². The number of piperidine rings is 1. The van der Waals surface area contributed by atoms with E-state index in [9.17, 15) is 13.2 Å². The number of amides is 1. The molecular formula is C23H29N3O4S. The first kappa shape index (κ1) is 21.8. The number of nitrogens with zero attached hydrogens (tertiary/aromatic N) is 3. The van der Waals surface area contributed by atoms with Crippen LogP contribution < -0.4 is 4.74 Å². The molecule has 2 aromatic rings. The summed E-state index contributed by atoms with van der Waals surface area (Å²) in [6, 6.07) is 10.4. The third kappa shape index (κ3) is 4.45. The van der Waals surface area contributed by atoms with Crippen molar-refractivity contribution in [2.24, 2.45) is 11.3 Å². The van der Waals surface area contributed by atoms with Crippen LogP contribution in [0.3, 0.4) is 0 Å². The number of fused-ring (bicyclic) bond motifs is 1. The molecule has 0 bridgehead atoms. The third-order valence-corrected chi connectivity index (χ3v) is 7.95. The average Bonchev–Trinajstić information content (AvgIpc) is 2.77. The molecule has 3 heterocycles. The van der Waals surface area contributed by atoms with Gasteiger partial charge < -0.3 is 9.64 Å². The Morgan fingerprint density at radius 2 is 1.90 bits per heavy atom. The van der Waals surface area contributed by atoms with Crippen LogP contribution in [0.1, 0.15) is 37.0 Å². The standard InChI is InChI=1S/C23H29N3O4S/c1-18(2)15-26-16-23(17-30-20-7-3-4-8-21(20)31(26,28)29)9-12-25(13-10-23)22(27)19-6-5-11-24-14-19/h3-8,11,14,18H,9-10,12-13,15-17H2,1-2H3. The predicted octanol–water partition coefficient (Wildman–Crippen LogP) is 3.04. The molecule has 1 spiro atoms. The van der Waals surface area contributed by atoms with Crippen LogP contribution in [0.4, 0.5) is 0 Å². The topological polar surface area (TPSA) is 79.8 Å². The first-order chi connectivity index (χ1) is 14.8. The second-order valence-electron chi connectivity index (χ2n) is 8.96. The van der Waals surface area contributed by atoms with Crippen LogP contribution in [0.25, 0.3) is 0 Å². The minimum atomic E-state index is -3.67. The summed E-state index contributed by atoms with van der Waals surface area (Å²) in [6.45, 7) is 6.47. The van der Waals surface area contributed by atoms with E-state index in [0.29, 0.717) is 56.9 Å². The Kier molecular flexibility index (Phi) is 6.03. The minimum Gasteiger partial charge on any atom is -0.492 e. The fourth-order valence-electron chi connectivity index (χ4n) is 4.39. The highest BCUT2D eigenvalue weighted by molar-refractivity contribution is 7.89. The summed E-state index contributed by atoms with van der Waals surface area (Å²) in [7, 11) is -3.67. The van der Waals surface area contributed by atoms with Gasteiger partial charge in [-0.15, -0.1) is 0 Å². The summed E-state index contributed by atoms with van der Waals surface area (Å²) in [5.74, 6) is 0.572. The van der Waals surface area contributed by atoms with E-state index in [1.165, 1.54) is 0 Å². The lowest BCUT2D eigenvalue weighted by atomic mass is 9.78. The predicted molar refractivity (Wildman–Crippen MR) is 117 cm³/mol. The summed E-state index contributed by atoms with van der Waals surface area (Å²) in [5, 5.41) is 0. The lowest BCUT2D eigenvalue weighted by Crippen LogP contribution is -2.53. The largest absolute Gasteiger partial charge is 0.492 e. The maximum Gasteiger partial charge on any atom is 0.255 e. The van der Waals surface area contributed by atoms with Gasteiger partial charge >= 0.3 is 0 Å². The fraction of sp³-hybridized carbons (Fsp3) is 0.478. The number of ether oxygens (including phenoxy) is 1. The van der Waals surface area contributed by atoms with E-state index in [0.717, 1.165) is 0 Å². The lowest BCUT2D eigenvalue weighted by molar-refractivity contribution is 0.0290. The van der Waals surface area contributed by atoms with Gasteiger partial charge in [-0.1, -0.05) is 26.0 Å². The molecule has 0 N–H and O–H groups in total. The molecule has 0 aliphatic carbocycles. The van der Waals surface area contributed by atoms with Crippen LogP contribution in [0.15, 0.2) is 53.7 Å². The van der Waals surface area contributed by atoms with Gasteiger partial charge in [0.2, 0.25) is 10.0 Å². The molecule has 1 amide bonds. The molecule has 1 saturated heterocycles. The number of para-hydroxylation sites is 1. The Morgan fingerprint density at radius 3 is 2.58 bits per heavy atom. The van der Waals surface area contributed by atoms with E-state index in [1.807, 2.05) is 18.7 Å². The second kappa shape index (κ2) is 8.59. The summed E-state index contributed by atoms with van der Waals surface area (Å²) < 4.78 is 34.6. The highest BCUT2D eigenvalue weighted by Gasteiger charge is 2.43. The quantitative estimate of drug-likeness (QED) is 0.729. The Balaban J connectivity index is 1.59. The van der Waals surface area contributed by atoms with Gasteiger partial charge in [-0.25, -0.2) is 8.42 Å². The van der Waals surface area contributed by atoms with E-state index < -0.39 is 10.0 Å². The van der Waals surface area contributed by atoms with Gasteiger partial charge in [-0.3, -0.25) is 9.78 Å². The number of hydrogen-bond acceptors (Lipinski definition) is 5. The molecule has 2 aliphatic heterocycles. The zero-order chi connectivity index (χ0) is 22.1. The van der Waals surface area contributed by atoms with E-state index in [2.05, 4.69) is 4.98 Å². The molecule has 1 aromatic heterocycles. The van der Waals surface area contributed by atoms with Crippen LogP contribution in [0.2, 0.25) is 0 Å². The number of pyridine rings is 1. The molecule has 2 aliphatic rings. The number of carbonyl (C=O) groups excluding carboxylic acids is 1. The smallest absolute Gasteiger partial charge is 0.255 e. The summed E-state index contributed by atoms with van der Waals surface area (Å²) in [6.07, 6.45) is 4.60. The molecule has 1 fully saturated rings. The maximum atomic E-state index is 13.5. The van der Waals surface area contributed by atoms with E-state index in [4.69, 9.17) is 4.74 Å². The Bertz CT molecular complexity index is 1030. The Morgan fingerprint density at radius 1 is 1.16 bits per heavy atom. The number of carbonyl (C=O) groups is 1. The molecule has 0 saturated carbocycles. The highest BCUT2D eigenvalue weighted by atomic mass is 32.2. The zero-order valence-electron chi connectivity index (χ0n) is 18.0. The van der Waals surface area contributed by atoms with Crippen molar-refractivity contribution in [3.05, 3.63) is 54.4 Å². The summed E-state index contributed by atoms with van der Waals surface area (Å²) in [5.41, 5.74) is 0.242. The number of rotatable bonds is 3. The van der Waals surface area contributed by atoms with Gasteiger partial charge in [0.15, 0.2) is 0 Å². The SMILES string of the molecule is CC(C)CN1CC2(CCN(C(=O)c3cccnc3)CC2)COc2ccccc2S1(=O)=O. The molecule has 31 heavy (non-hydrogen) atoms. The van der Waals surface area contributed by atoms with Crippen molar-refractivity contribution < 1.29 is 17.9 Å². The van der Waals surface area contributed by atoms with Crippen LogP contribution in [0, 0.1) is 11.3 Å². The van der Waals surface area contributed by atoms with Gasteiger partial charge in [-0.2, -0.15) is 4.31 Å². The maximum absolute atomic E-state index is 13.5. The van der Waals surface area contributed by atoms with E-state index in [-0.39, 0.29) is 22.1 Å². The first-order valence-corrected chi connectivity index (χ1v) is 12.2. The average molecular weight is 444 g/mol. The van der Waals surface area contributed by atoms with Gasteiger partial charge in [0.05, 0.1) is 12.2 Å². The summed E-state index contributed by atoms with van der Waals surface area (Å²) in [4.78, 5) is 18.9. The van der Waals surface area contributed by atoms with Crippen molar-refractivity contribution in [2.45, 2.75) is 31.6 Å². The van der Waals surface area contributed by atoms with Gasteiger partial charge in [0.1, 0.15) is 10.6 Å². The van der Waals surface area contributed by atoms with E-state index >= 15 is 0 Å². The Hall–Kier alpha value is -2.45. The lowest BCUT2D eigenvalue weighted by Gasteiger charge is -2.45. The van der Waals surface area contributed by atoms with Crippen molar-refractivity contribution in [1.82, 2.24) is 14.2 Å². The highest BCUT2D eigenvalue weighted by Crippen LogP contribution is 2.39. The number of hydrogen-bond donors (Lipinski definition) is 0. The molecule has 4 rings (SSSR count). The van der Waals surface area contributed by atoms with Crippen molar-refractivity contribution in [1.29, 1.82) is 0 Å². The molecule has 0 unspecified atom stereocenters. The van der Waals surface area contributed by atoms with Gasteiger partial charge in [0.25, 0.3) is 5.91 Å². The Labute approximate surface area is 184 Å². The molecule has 166 valence electrons. The van der Waals surface area contributed by atoms with Gasteiger partial charge in [-0.05, 0) is 43.0 Å². The van der Waals surface area contributed by atoms with Crippen LogP contribution in [0.5, 0.6) is 5.75 Å². The monoisotopic (exact) mass is 443 g/mol. The molecular weight excluding hydrogens is 414 g/mol. The molecule has 0 radical (unpaired) electrons.